The number of H-pyrrole nitrogens is 1. The number of ether oxygens (including phenoxy) is 2. The van der Waals surface area contributed by atoms with E-state index in [2.05, 4.69) is 16.0 Å². The van der Waals surface area contributed by atoms with Gasteiger partial charge in [-0.05, 0) is 50.8 Å². The van der Waals surface area contributed by atoms with E-state index >= 15 is 0 Å². The number of methoxy groups -OCH3 is 1. The van der Waals surface area contributed by atoms with Gasteiger partial charge in [0.15, 0.2) is 0 Å². The van der Waals surface area contributed by atoms with Crippen LogP contribution in [0.15, 0.2) is 58.9 Å². The topological polar surface area (TPSA) is 71.6 Å². The van der Waals surface area contributed by atoms with Gasteiger partial charge in [-0.15, -0.1) is 0 Å². The van der Waals surface area contributed by atoms with E-state index in [-0.39, 0.29) is 23.0 Å². The van der Waals surface area contributed by atoms with Gasteiger partial charge < -0.3 is 14.5 Å². The van der Waals surface area contributed by atoms with Crippen LogP contribution in [0.1, 0.15) is 36.6 Å². The van der Waals surface area contributed by atoms with Crippen LogP contribution in [-0.2, 0) is 31.8 Å². The molecule has 192 valence electrons. The van der Waals surface area contributed by atoms with Gasteiger partial charge in [-0.25, -0.2) is 4.79 Å². The summed E-state index contributed by atoms with van der Waals surface area (Å²) in [7, 11) is 2.87. The summed E-state index contributed by atoms with van der Waals surface area (Å²) in [4.78, 5) is 30.7. The molecule has 9 heteroatoms. The zero-order valence-electron chi connectivity index (χ0n) is 20.4. The van der Waals surface area contributed by atoms with E-state index < -0.39 is 29.4 Å². The van der Waals surface area contributed by atoms with Crippen LogP contribution in [-0.4, -0.2) is 48.8 Å². The molecule has 1 fully saturated rings. The third-order valence-electron chi connectivity index (χ3n) is 8.23. The Bertz CT molecular complexity index is 1260. The van der Waals surface area contributed by atoms with E-state index in [0.29, 0.717) is 25.8 Å². The SMILES string of the molecule is CO[C@@](C(=O)O[C@@H]1CCN(C)[C@@]23CC(C)=C[C@@H](Cc4[nH]c(=O)ccc42)[C@@H]13)(c1ccccc1)C(F)(F)F. The number of hydrogen-bond acceptors (Lipinski definition) is 5. The second-order valence-electron chi connectivity index (χ2n) is 10.1. The predicted octanol–water partition coefficient (Wildman–Crippen LogP) is 4.06. The van der Waals surface area contributed by atoms with Gasteiger partial charge in [0.25, 0.3) is 5.60 Å². The number of nitrogens with one attached hydrogen (secondary N) is 1. The highest BCUT2D eigenvalue weighted by Gasteiger charge is 2.66. The van der Waals surface area contributed by atoms with Gasteiger partial charge in [-0.1, -0.05) is 42.0 Å². The number of halogens is 3. The van der Waals surface area contributed by atoms with Gasteiger partial charge in [-0.2, -0.15) is 13.2 Å². The Morgan fingerprint density at radius 1 is 1.17 bits per heavy atom. The van der Waals surface area contributed by atoms with E-state index in [1.165, 1.54) is 30.3 Å². The van der Waals surface area contributed by atoms with Crippen LogP contribution >= 0.6 is 0 Å². The van der Waals surface area contributed by atoms with Gasteiger partial charge in [0.1, 0.15) is 6.10 Å². The van der Waals surface area contributed by atoms with Crippen molar-refractivity contribution in [3.05, 3.63) is 81.3 Å². The molecule has 36 heavy (non-hydrogen) atoms. The number of pyridine rings is 1. The lowest BCUT2D eigenvalue weighted by Crippen LogP contribution is -2.65. The summed E-state index contributed by atoms with van der Waals surface area (Å²) in [6.07, 6.45) is -2.14. The molecule has 2 bridgehead atoms. The second kappa shape index (κ2) is 8.59. The summed E-state index contributed by atoms with van der Waals surface area (Å²) in [5.74, 6) is -1.84. The van der Waals surface area contributed by atoms with Crippen molar-refractivity contribution in [2.24, 2.45) is 11.8 Å². The van der Waals surface area contributed by atoms with Crippen LogP contribution in [0.5, 0.6) is 0 Å². The Morgan fingerprint density at radius 2 is 1.89 bits per heavy atom. The molecule has 2 aliphatic carbocycles. The summed E-state index contributed by atoms with van der Waals surface area (Å²) < 4.78 is 54.3. The monoisotopic (exact) mass is 502 g/mol. The molecule has 1 N–H and O–H groups in total. The van der Waals surface area contributed by atoms with Crippen molar-refractivity contribution in [2.75, 3.05) is 20.7 Å². The number of alkyl halides is 3. The first-order chi connectivity index (χ1) is 17.0. The highest BCUT2D eigenvalue weighted by Crippen LogP contribution is 2.57. The van der Waals surface area contributed by atoms with E-state index in [9.17, 15) is 22.8 Å². The number of carbonyl (C=O) groups excluding carboxylic acids is 1. The molecule has 2 aromatic rings. The lowest BCUT2D eigenvalue weighted by Gasteiger charge is -2.60. The molecule has 0 radical (unpaired) electrons. The molecule has 1 aromatic heterocycles. The standard InChI is InChI=1S/C27H29F3N2O4/c1-16-13-17-14-20-19(9-10-22(33)31-20)25(15-16)23(17)21(11-12-32(25)2)36-24(34)26(35-3,27(28,29)30)18-7-5-4-6-8-18/h4-10,13,17,21,23H,11-12,14-15H2,1-3H3,(H,31,33)/t17-,21+,23-,25-,26+/m0/s1. The fourth-order valence-electron chi connectivity index (χ4n) is 6.82. The van der Waals surface area contributed by atoms with E-state index in [4.69, 9.17) is 9.47 Å². The zero-order chi connectivity index (χ0) is 25.9. The minimum atomic E-state index is -5.03. The summed E-state index contributed by atoms with van der Waals surface area (Å²) in [5.41, 5.74) is -1.42. The average molecular weight is 503 g/mol. The number of rotatable bonds is 4. The molecule has 1 aliphatic heterocycles. The highest BCUT2D eigenvalue weighted by molar-refractivity contribution is 5.83. The average Bonchev–Trinajstić information content (AvgIpc) is 2.81. The van der Waals surface area contributed by atoms with Crippen molar-refractivity contribution >= 4 is 5.97 Å². The molecule has 6 nitrogen and oxygen atoms in total. The van der Waals surface area contributed by atoms with Crippen molar-refractivity contribution in [3.8, 4) is 0 Å². The van der Waals surface area contributed by atoms with Gasteiger partial charge in [-0.3, -0.25) is 9.69 Å². The number of carbonyl (C=O) groups is 1. The number of benzene rings is 1. The Morgan fingerprint density at radius 3 is 2.56 bits per heavy atom. The van der Waals surface area contributed by atoms with Gasteiger partial charge in [0.2, 0.25) is 5.56 Å². The summed E-state index contributed by atoms with van der Waals surface area (Å²) in [6, 6.07) is 10.2. The van der Waals surface area contributed by atoms with Crippen molar-refractivity contribution in [3.63, 3.8) is 0 Å². The van der Waals surface area contributed by atoms with E-state index in [0.717, 1.165) is 23.9 Å². The molecule has 5 rings (SSSR count). The van der Waals surface area contributed by atoms with Crippen LogP contribution in [0.2, 0.25) is 0 Å². The number of piperidine rings is 1. The molecule has 0 unspecified atom stereocenters. The molecular formula is C27H29F3N2O4. The molecule has 0 spiro atoms. The number of nitrogens with zero attached hydrogens (tertiary/aromatic N) is 1. The van der Waals surface area contributed by atoms with E-state index in [1.54, 1.807) is 6.07 Å². The van der Waals surface area contributed by atoms with Crippen LogP contribution < -0.4 is 5.56 Å². The summed E-state index contributed by atoms with van der Waals surface area (Å²) >= 11 is 0. The number of allylic oxidation sites excluding steroid dienone is 1. The van der Waals surface area contributed by atoms with Gasteiger partial charge >= 0.3 is 12.1 Å². The maximum Gasteiger partial charge on any atom is 0.432 e. The molecule has 2 heterocycles. The third kappa shape index (κ3) is 3.47. The number of hydrogen-bond donors (Lipinski definition) is 1. The number of likely N-dealkylation sites (tertiary alicyclic amines) is 1. The van der Waals surface area contributed by atoms with E-state index in [1.807, 2.05) is 20.0 Å². The van der Waals surface area contributed by atoms with Crippen LogP contribution in [0.3, 0.4) is 0 Å². The fraction of sp³-hybridized carbons (Fsp3) is 0.481. The lowest BCUT2D eigenvalue weighted by molar-refractivity contribution is -0.281. The fourth-order valence-corrected chi connectivity index (χ4v) is 6.82. The van der Waals surface area contributed by atoms with Gasteiger partial charge in [0.05, 0.1) is 5.54 Å². The number of aromatic nitrogens is 1. The highest BCUT2D eigenvalue weighted by atomic mass is 19.4. The largest absolute Gasteiger partial charge is 0.459 e. The van der Waals surface area contributed by atoms with Crippen molar-refractivity contribution in [2.45, 2.75) is 49.6 Å². The summed E-state index contributed by atoms with van der Waals surface area (Å²) in [5, 5.41) is 0. The van der Waals surface area contributed by atoms with Crippen molar-refractivity contribution in [1.29, 1.82) is 0 Å². The number of fused-ring (bicyclic) bond motifs is 1. The first-order valence-electron chi connectivity index (χ1n) is 12.0. The molecule has 0 saturated carbocycles. The quantitative estimate of drug-likeness (QED) is 0.505. The molecule has 1 saturated heterocycles. The maximum atomic E-state index is 14.5. The summed E-state index contributed by atoms with van der Waals surface area (Å²) in [6.45, 7) is 2.56. The first-order valence-corrected chi connectivity index (χ1v) is 12.0. The number of esters is 1. The third-order valence-corrected chi connectivity index (χ3v) is 8.23. The minimum absolute atomic E-state index is 0.107. The van der Waals surface area contributed by atoms with Crippen LogP contribution in [0.4, 0.5) is 13.2 Å². The normalized spacial score (nSPS) is 29.4. The smallest absolute Gasteiger partial charge is 0.432 e. The zero-order valence-corrected chi connectivity index (χ0v) is 20.4. The van der Waals surface area contributed by atoms with Crippen molar-refractivity contribution < 1.29 is 27.4 Å². The first kappa shape index (κ1) is 24.8. The Kier molecular flexibility index (Phi) is 5.91. The second-order valence-corrected chi connectivity index (χ2v) is 10.1. The van der Waals surface area contributed by atoms with Crippen molar-refractivity contribution in [1.82, 2.24) is 9.88 Å². The Labute approximate surface area is 207 Å². The lowest BCUT2D eigenvalue weighted by atomic mass is 9.55. The molecule has 1 aromatic carbocycles. The Hall–Kier alpha value is -2.91. The maximum absolute atomic E-state index is 14.5. The predicted molar refractivity (Wildman–Crippen MR) is 126 cm³/mol. The van der Waals surface area contributed by atoms with Gasteiger partial charge in [0, 0.05) is 36.9 Å². The molecule has 5 atom stereocenters. The molecular weight excluding hydrogens is 473 g/mol. The minimum Gasteiger partial charge on any atom is -0.459 e. The van der Waals surface area contributed by atoms with Crippen LogP contribution in [0.25, 0.3) is 0 Å². The van der Waals surface area contributed by atoms with Crippen LogP contribution in [0, 0.1) is 11.8 Å². The molecule has 3 aliphatic rings. The Balaban J connectivity index is 1.59. The molecule has 0 amide bonds. The number of aromatic amines is 1.